The molecule has 2 aromatic carbocycles. The Bertz CT molecular complexity index is 1210. The minimum Gasteiger partial charge on any atom is -0.481 e. The largest absolute Gasteiger partial charge is 0.481 e. The number of aryl methyl sites for hydroxylation is 2. The zero-order chi connectivity index (χ0) is 21.8. The van der Waals surface area contributed by atoms with Crippen LogP contribution in [0.15, 0.2) is 48.5 Å². The number of aliphatic carboxylic acids is 1. The molecule has 9 nitrogen and oxygen atoms in total. The number of nitrogens with one attached hydrogen (secondary N) is 2. The van der Waals surface area contributed by atoms with Crippen molar-refractivity contribution >= 4 is 11.8 Å². The van der Waals surface area contributed by atoms with Gasteiger partial charge in [0.05, 0.1) is 6.42 Å². The van der Waals surface area contributed by atoms with Crippen molar-refractivity contribution in [2.75, 3.05) is 5.32 Å². The number of anilines is 1. The number of nitrogens with zero attached hydrogens (tertiary/aromatic N) is 5. The van der Waals surface area contributed by atoms with Gasteiger partial charge in [-0.2, -0.15) is 0 Å². The van der Waals surface area contributed by atoms with Crippen LogP contribution in [-0.2, 0) is 17.8 Å². The maximum absolute atomic E-state index is 11.2. The van der Waals surface area contributed by atoms with Gasteiger partial charge < -0.3 is 10.4 Å². The van der Waals surface area contributed by atoms with E-state index >= 15 is 0 Å². The summed E-state index contributed by atoms with van der Waals surface area (Å²) in [6.45, 7) is 4.10. The van der Waals surface area contributed by atoms with Gasteiger partial charge in [-0.3, -0.25) is 4.79 Å². The molecule has 0 radical (unpaired) electrons. The molecule has 156 valence electrons. The molecule has 0 aliphatic rings. The highest BCUT2D eigenvalue weighted by Crippen LogP contribution is 2.29. The Kier molecular flexibility index (Phi) is 5.65. The van der Waals surface area contributed by atoms with Crippen LogP contribution in [0.25, 0.3) is 22.5 Å². The Hall–Kier alpha value is -4.14. The topological polar surface area (TPSA) is 130 Å². The fourth-order valence-corrected chi connectivity index (χ4v) is 3.45. The summed E-state index contributed by atoms with van der Waals surface area (Å²) in [5.74, 6) is 0.855. The minimum absolute atomic E-state index is 0.124. The van der Waals surface area contributed by atoms with E-state index in [9.17, 15) is 9.90 Å². The van der Waals surface area contributed by atoms with E-state index in [0.29, 0.717) is 35.3 Å². The standard InChI is InChI=1S/C22H21N7O2/c1-13-19(11-20(30)31)21(25-14(2)24-13)23-12-15-7-9-16(10-8-15)17-5-3-4-6-18(17)22-26-28-29-27-22/h3-10H,11-12H2,1-2H3,(H,30,31)(H,23,24,25)(H,26,27,28,29). The fourth-order valence-electron chi connectivity index (χ4n) is 3.45. The first kappa shape index (κ1) is 20.1. The van der Waals surface area contributed by atoms with Gasteiger partial charge in [-0.1, -0.05) is 48.5 Å². The van der Waals surface area contributed by atoms with Crippen molar-refractivity contribution in [2.24, 2.45) is 0 Å². The number of hydrogen-bond donors (Lipinski definition) is 3. The second-order valence-electron chi connectivity index (χ2n) is 7.10. The Balaban J connectivity index is 1.55. The van der Waals surface area contributed by atoms with E-state index < -0.39 is 5.97 Å². The molecule has 4 rings (SSSR count). The number of tetrazole rings is 1. The van der Waals surface area contributed by atoms with E-state index in [4.69, 9.17) is 0 Å². The number of carboxylic acids is 1. The second-order valence-corrected chi connectivity index (χ2v) is 7.10. The van der Waals surface area contributed by atoms with E-state index in [2.05, 4.69) is 35.9 Å². The summed E-state index contributed by atoms with van der Waals surface area (Å²) in [7, 11) is 0. The van der Waals surface area contributed by atoms with E-state index in [1.165, 1.54) is 0 Å². The van der Waals surface area contributed by atoms with Crippen molar-refractivity contribution in [3.05, 3.63) is 71.2 Å². The van der Waals surface area contributed by atoms with Crippen LogP contribution in [-0.4, -0.2) is 41.7 Å². The van der Waals surface area contributed by atoms with Gasteiger partial charge in [0.15, 0.2) is 5.82 Å². The molecule has 9 heteroatoms. The van der Waals surface area contributed by atoms with E-state index in [1.54, 1.807) is 13.8 Å². The average Bonchev–Trinajstić information content (AvgIpc) is 3.29. The van der Waals surface area contributed by atoms with E-state index in [1.807, 2.05) is 48.5 Å². The lowest BCUT2D eigenvalue weighted by Gasteiger charge is -2.13. The maximum Gasteiger partial charge on any atom is 0.308 e. The quantitative estimate of drug-likeness (QED) is 0.420. The third-order valence-electron chi connectivity index (χ3n) is 4.91. The van der Waals surface area contributed by atoms with Gasteiger partial charge in [0.25, 0.3) is 0 Å². The van der Waals surface area contributed by atoms with Gasteiger partial charge >= 0.3 is 5.97 Å². The third-order valence-corrected chi connectivity index (χ3v) is 4.91. The van der Waals surface area contributed by atoms with E-state index in [-0.39, 0.29) is 6.42 Å². The predicted molar refractivity (Wildman–Crippen MR) is 115 cm³/mol. The first-order valence-corrected chi connectivity index (χ1v) is 9.73. The first-order chi connectivity index (χ1) is 15.0. The summed E-state index contributed by atoms with van der Waals surface area (Å²) in [5, 5.41) is 26.6. The van der Waals surface area contributed by atoms with Gasteiger partial charge in [0, 0.05) is 23.4 Å². The molecule has 3 N–H and O–H groups in total. The molecule has 0 spiro atoms. The van der Waals surface area contributed by atoms with Crippen LogP contribution >= 0.6 is 0 Å². The number of carboxylic acid groups (broad SMARTS) is 1. The van der Waals surface area contributed by atoms with Crippen LogP contribution in [0.4, 0.5) is 5.82 Å². The number of hydrogen-bond acceptors (Lipinski definition) is 7. The summed E-state index contributed by atoms with van der Waals surface area (Å²) >= 11 is 0. The molecule has 0 unspecified atom stereocenters. The van der Waals surface area contributed by atoms with Gasteiger partial charge in [0.2, 0.25) is 0 Å². The molecule has 0 saturated carbocycles. The minimum atomic E-state index is -0.913. The number of carbonyl (C=O) groups is 1. The predicted octanol–water partition coefficient (Wildman–Crippen LogP) is 3.18. The summed E-state index contributed by atoms with van der Waals surface area (Å²) in [6, 6.07) is 16.0. The van der Waals surface area contributed by atoms with Crippen molar-refractivity contribution in [2.45, 2.75) is 26.8 Å². The summed E-state index contributed by atoms with van der Waals surface area (Å²) in [5.41, 5.74) is 5.29. The second kappa shape index (κ2) is 8.70. The molecule has 0 atom stereocenters. The lowest BCUT2D eigenvalue weighted by molar-refractivity contribution is -0.136. The molecule has 4 aromatic rings. The SMILES string of the molecule is Cc1nc(C)c(CC(=O)O)c(NCc2ccc(-c3ccccc3-c3nnn[nH]3)cc2)n1. The summed E-state index contributed by atoms with van der Waals surface area (Å²) in [6.07, 6.45) is -0.124. The fraction of sp³-hybridized carbons (Fsp3) is 0.182. The molecule has 0 bridgehead atoms. The monoisotopic (exact) mass is 415 g/mol. The molecule has 0 amide bonds. The Morgan fingerprint density at radius 1 is 1.03 bits per heavy atom. The molecule has 0 aliphatic carbocycles. The number of benzene rings is 2. The molecular formula is C22H21N7O2. The van der Waals surface area contributed by atoms with Crippen LogP contribution in [0.3, 0.4) is 0 Å². The number of aromatic amines is 1. The summed E-state index contributed by atoms with van der Waals surface area (Å²) < 4.78 is 0. The molecule has 2 heterocycles. The molecule has 2 aromatic heterocycles. The van der Waals surface area contributed by atoms with Crippen molar-refractivity contribution in [3.63, 3.8) is 0 Å². The maximum atomic E-state index is 11.2. The summed E-state index contributed by atoms with van der Waals surface area (Å²) in [4.78, 5) is 19.9. The Labute approximate surface area is 178 Å². The van der Waals surface area contributed by atoms with Crippen LogP contribution in [0, 0.1) is 13.8 Å². The smallest absolute Gasteiger partial charge is 0.308 e. The van der Waals surface area contributed by atoms with Gasteiger partial charge in [-0.05, 0) is 41.0 Å². The van der Waals surface area contributed by atoms with Crippen molar-refractivity contribution in [3.8, 4) is 22.5 Å². The number of rotatable bonds is 7. The highest BCUT2D eigenvalue weighted by Gasteiger charge is 2.14. The Morgan fingerprint density at radius 3 is 2.45 bits per heavy atom. The normalized spacial score (nSPS) is 10.8. The highest BCUT2D eigenvalue weighted by atomic mass is 16.4. The van der Waals surface area contributed by atoms with Crippen molar-refractivity contribution in [1.29, 1.82) is 0 Å². The molecule has 0 saturated heterocycles. The number of H-pyrrole nitrogens is 1. The first-order valence-electron chi connectivity index (χ1n) is 9.73. The van der Waals surface area contributed by atoms with E-state index in [0.717, 1.165) is 22.3 Å². The molecule has 31 heavy (non-hydrogen) atoms. The molecule has 0 fully saturated rings. The van der Waals surface area contributed by atoms with Crippen molar-refractivity contribution in [1.82, 2.24) is 30.6 Å². The molecular weight excluding hydrogens is 394 g/mol. The van der Waals surface area contributed by atoms with Crippen LogP contribution in [0.5, 0.6) is 0 Å². The van der Waals surface area contributed by atoms with Gasteiger partial charge in [-0.15, -0.1) is 5.10 Å². The average molecular weight is 415 g/mol. The molecule has 0 aliphatic heterocycles. The van der Waals surface area contributed by atoms with Crippen molar-refractivity contribution < 1.29 is 9.90 Å². The van der Waals surface area contributed by atoms with Crippen LogP contribution in [0.2, 0.25) is 0 Å². The van der Waals surface area contributed by atoms with Crippen LogP contribution in [0.1, 0.15) is 22.6 Å². The highest BCUT2D eigenvalue weighted by molar-refractivity contribution is 5.80. The van der Waals surface area contributed by atoms with Gasteiger partial charge in [-0.25, -0.2) is 15.1 Å². The van der Waals surface area contributed by atoms with Crippen LogP contribution < -0.4 is 5.32 Å². The number of aromatic nitrogens is 6. The zero-order valence-corrected chi connectivity index (χ0v) is 17.1. The zero-order valence-electron chi connectivity index (χ0n) is 17.1. The lowest BCUT2D eigenvalue weighted by atomic mass is 9.98. The lowest BCUT2D eigenvalue weighted by Crippen LogP contribution is -2.12. The third kappa shape index (κ3) is 4.55. The Morgan fingerprint density at radius 2 is 1.77 bits per heavy atom. The van der Waals surface area contributed by atoms with Gasteiger partial charge in [0.1, 0.15) is 11.6 Å².